The van der Waals surface area contributed by atoms with Crippen molar-refractivity contribution in [1.29, 1.82) is 0 Å². The number of para-hydroxylation sites is 1. The second-order valence-corrected chi connectivity index (χ2v) is 8.55. The first kappa shape index (κ1) is 25.4. The first-order valence-electron chi connectivity index (χ1n) is 10.9. The molecule has 0 saturated heterocycles. The molecule has 0 saturated carbocycles. The lowest BCUT2D eigenvalue weighted by Crippen LogP contribution is -2.35. The monoisotopic (exact) mass is 442 g/mol. The first-order chi connectivity index (χ1) is 15.2. The average molecular weight is 443 g/mol. The Morgan fingerprint density at radius 1 is 0.812 bits per heavy atom. The molecule has 3 atom stereocenters. The zero-order valence-electron chi connectivity index (χ0n) is 19.7. The highest BCUT2D eigenvalue weighted by Crippen LogP contribution is 2.39. The molecule has 0 bridgehead atoms. The quantitative estimate of drug-likeness (QED) is 0.526. The summed E-state index contributed by atoms with van der Waals surface area (Å²) in [5.41, 5.74) is 1.25. The summed E-state index contributed by atoms with van der Waals surface area (Å²) in [4.78, 5) is 24.4. The number of aliphatic hydroxyl groups is 1. The number of esters is 2. The van der Waals surface area contributed by atoms with Gasteiger partial charge >= 0.3 is 11.9 Å². The van der Waals surface area contributed by atoms with Crippen molar-refractivity contribution in [3.8, 4) is 5.75 Å². The Labute approximate surface area is 190 Å². The fourth-order valence-corrected chi connectivity index (χ4v) is 4.16. The van der Waals surface area contributed by atoms with Crippen molar-refractivity contribution in [2.24, 2.45) is 23.7 Å². The molecule has 0 fully saturated rings. The highest BCUT2D eigenvalue weighted by Gasteiger charge is 2.36. The number of carbonyl (C=O) groups is 2. The Morgan fingerprint density at radius 3 is 1.91 bits per heavy atom. The molecule has 2 rings (SSSR count). The molecule has 0 aliphatic rings. The number of rotatable bonds is 10. The van der Waals surface area contributed by atoms with Gasteiger partial charge in [-0.3, -0.25) is 0 Å². The maximum Gasteiger partial charge on any atom is 0.341 e. The van der Waals surface area contributed by atoms with E-state index >= 15 is 0 Å². The Bertz CT molecular complexity index is 905. The number of aliphatic hydroxyl groups excluding tert-OH is 1. The van der Waals surface area contributed by atoms with E-state index in [0.717, 1.165) is 0 Å². The average Bonchev–Trinajstić information content (AvgIpc) is 2.79. The van der Waals surface area contributed by atoms with Crippen LogP contribution in [0.25, 0.3) is 0 Å². The van der Waals surface area contributed by atoms with Crippen molar-refractivity contribution < 1.29 is 28.9 Å². The van der Waals surface area contributed by atoms with Crippen LogP contribution in [0.2, 0.25) is 0 Å². The lowest BCUT2D eigenvalue weighted by atomic mass is 9.72. The highest BCUT2D eigenvalue weighted by molar-refractivity contribution is 5.92. The Balaban J connectivity index is 2.36. The van der Waals surface area contributed by atoms with E-state index in [9.17, 15) is 14.7 Å². The predicted octanol–water partition coefficient (Wildman–Crippen LogP) is 4.92. The third-order valence-corrected chi connectivity index (χ3v) is 5.89. The number of carbonyl (C=O) groups excluding carboxylic acids is 2. The summed E-state index contributed by atoms with van der Waals surface area (Å²) >= 11 is 0. The summed E-state index contributed by atoms with van der Waals surface area (Å²) in [5.74, 6) is -0.486. The van der Waals surface area contributed by atoms with Gasteiger partial charge in [0.1, 0.15) is 11.3 Å². The van der Waals surface area contributed by atoms with E-state index < -0.39 is 18.0 Å². The van der Waals surface area contributed by atoms with Gasteiger partial charge in [-0.15, -0.1) is 0 Å². The first-order valence-corrected chi connectivity index (χ1v) is 10.9. The largest absolute Gasteiger partial charge is 0.492 e. The van der Waals surface area contributed by atoms with Gasteiger partial charge in [-0.1, -0.05) is 58.0 Å². The molecule has 0 amide bonds. The van der Waals surface area contributed by atoms with Crippen molar-refractivity contribution in [1.82, 2.24) is 0 Å². The molecule has 2 aromatic carbocycles. The smallest absolute Gasteiger partial charge is 0.341 e. The van der Waals surface area contributed by atoms with Crippen molar-refractivity contribution in [3.63, 3.8) is 0 Å². The number of methoxy groups -OCH3 is 2. The second-order valence-electron chi connectivity index (χ2n) is 8.55. The third kappa shape index (κ3) is 5.88. The number of ether oxygens (including phenoxy) is 3. The molecule has 32 heavy (non-hydrogen) atoms. The van der Waals surface area contributed by atoms with Crippen LogP contribution < -0.4 is 4.74 Å². The predicted molar refractivity (Wildman–Crippen MR) is 123 cm³/mol. The van der Waals surface area contributed by atoms with E-state index in [1.807, 2.05) is 13.8 Å². The fraction of sp³-hybridized carbons (Fsp3) is 0.462. The van der Waals surface area contributed by atoms with Crippen molar-refractivity contribution in [2.45, 2.75) is 33.8 Å². The van der Waals surface area contributed by atoms with Gasteiger partial charge in [-0.2, -0.15) is 0 Å². The van der Waals surface area contributed by atoms with Gasteiger partial charge in [0.25, 0.3) is 0 Å². The molecular formula is C26H34O6. The number of hydrogen-bond acceptors (Lipinski definition) is 6. The van der Waals surface area contributed by atoms with Crippen LogP contribution in [0.5, 0.6) is 5.75 Å². The summed E-state index contributed by atoms with van der Waals surface area (Å²) in [5, 5.41) is 11.4. The lowest BCUT2D eigenvalue weighted by Gasteiger charge is -2.37. The minimum atomic E-state index is -0.892. The van der Waals surface area contributed by atoms with Crippen LogP contribution in [0, 0.1) is 23.7 Å². The Kier molecular flexibility index (Phi) is 9.27. The molecule has 3 unspecified atom stereocenters. The fourth-order valence-electron chi connectivity index (χ4n) is 4.16. The molecule has 0 radical (unpaired) electrons. The van der Waals surface area contributed by atoms with Gasteiger partial charge in [0, 0.05) is 5.92 Å². The van der Waals surface area contributed by atoms with Crippen LogP contribution in [0.3, 0.4) is 0 Å². The molecule has 1 N–H and O–H groups in total. The summed E-state index contributed by atoms with van der Waals surface area (Å²) in [6.07, 6.45) is -0.892. The van der Waals surface area contributed by atoms with Crippen LogP contribution in [0.4, 0.5) is 0 Å². The van der Waals surface area contributed by atoms with E-state index in [-0.39, 0.29) is 23.7 Å². The van der Waals surface area contributed by atoms with E-state index in [2.05, 4.69) is 13.8 Å². The zero-order chi connectivity index (χ0) is 23.8. The van der Waals surface area contributed by atoms with Crippen molar-refractivity contribution >= 4 is 11.9 Å². The van der Waals surface area contributed by atoms with E-state index in [0.29, 0.717) is 29.0 Å². The number of benzene rings is 2. The topological polar surface area (TPSA) is 82.1 Å². The molecule has 2 aromatic rings. The zero-order valence-corrected chi connectivity index (χ0v) is 19.7. The van der Waals surface area contributed by atoms with Gasteiger partial charge in [0.15, 0.2) is 0 Å². The SMILES string of the molecule is COC(=O)c1ccccc1OCC(C(C)C)C(C(C)C)C(O)c1ccccc1C(=O)OC. The van der Waals surface area contributed by atoms with Gasteiger partial charge in [0.05, 0.1) is 32.5 Å². The van der Waals surface area contributed by atoms with E-state index in [4.69, 9.17) is 14.2 Å². The van der Waals surface area contributed by atoms with Crippen LogP contribution in [0.15, 0.2) is 48.5 Å². The van der Waals surface area contributed by atoms with Crippen molar-refractivity contribution in [3.05, 3.63) is 65.2 Å². The summed E-state index contributed by atoms with van der Waals surface area (Å²) in [6.45, 7) is 8.55. The summed E-state index contributed by atoms with van der Waals surface area (Å²) < 4.78 is 15.9. The number of hydrogen-bond donors (Lipinski definition) is 1. The molecule has 6 heteroatoms. The van der Waals surface area contributed by atoms with E-state index in [1.54, 1.807) is 48.5 Å². The van der Waals surface area contributed by atoms with Gasteiger partial charge in [-0.05, 0) is 41.5 Å². The van der Waals surface area contributed by atoms with Crippen LogP contribution in [0.1, 0.15) is 60.1 Å². The Morgan fingerprint density at radius 2 is 1.34 bits per heavy atom. The normalized spacial score (nSPS) is 14.0. The summed E-state index contributed by atoms with van der Waals surface area (Å²) in [6, 6.07) is 13.9. The second kappa shape index (κ2) is 11.7. The maximum atomic E-state index is 12.3. The molecule has 0 heterocycles. The minimum Gasteiger partial charge on any atom is -0.492 e. The highest BCUT2D eigenvalue weighted by atomic mass is 16.5. The van der Waals surface area contributed by atoms with Crippen molar-refractivity contribution in [2.75, 3.05) is 20.8 Å². The van der Waals surface area contributed by atoms with Crippen LogP contribution in [-0.2, 0) is 9.47 Å². The van der Waals surface area contributed by atoms with Gasteiger partial charge in [0.2, 0.25) is 0 Å². The van der Waals surface area contributed by atoms with E-state index in [1.165, 1.54) is 14.2 Å². The molecular weight excluding hydrogens is 408 g/mol. The molecule has 0 aromatic heterocycles. The maximum absolute atomic E-state index is 12.3. The van der Waals surface area contributed by atoms with Gasteiger partial charge < -0.3 is 19.3 Å². The minimum absolute atomic E-state index is 0.0543. The molecule has 6 nitrogen and oxygen atoms in total. The Hall–Kier alpha value is -2.86. The molecule has 0 aliphatic carbocycles. The third-order valence-electron chi connectivity index (χ3n) is 5.89. The van der Waals surface area contributed by atoms with Crippen LogP contribution in [-0.4, -0.2) is 37.9 Å². The standard InChI is InChI=1S/C26H34O6/c1-16(2)21(15-32-22-14-10-9-13-20(22)26(29)31-6)23(17(3)4)24(27)18-11-7-8-12-19(18)25(28)30-5/h7-14,16-17,21,23-24,27H,15H2,1-6H3. The molecule has 174 valence electrons. The lowest BCUT2D eigenvalue weighted by molar-refractivity contribution is 0.00597. The summed E-state index contributed by atoms with van der Waals surface area (Å²) in [7, 11) is 2.66. The molecule has 0 aliphatic heterocycles. The molecule has 0 spiro atoms. The van der Waals surface area contributed by atoms with Gasteiger partial charge in [-0.25, -0.2) is 9.59 Å². The van der Waals surface area contributed by atoms with Crippen LogP contribution >= 0.6 is 0 Å².